The first kappa shape index (κ1) is 17.0. The van der Waals surface area contributed by atoms with Crippen molar-refractivity contribution in [2.75, 3.05) is 5.73 Å². The molecule has 1 atom stereocenters. The van der Waals surface area contributed by atoms with Crippen molar-refractivity contribution < 1.29 is 13.9 Å². The number of alkyl halides is 2. The van der Waals surface area contributed by atoms with Crippen molar-refractivity contribution >= 4 is 33.6 Å². The number of thiophene rings is 1. The van der Waals surface area contributed by atoms with Crippen LogP contribution in [-0.4, -0.2) is 27.2 Å². The molecular weight excluding hydrogens is 358 g/mol. The van der Waals surface area contributed by atoms with E-state index in [4.69, 9.17) is 11.1 Å². The van der Waals surface area contributed by atoms with E-state index in [0.29, 0.717) is 16.1 Å². The van der Waals surface area contributed by atoms with Crippen molar-refractivity contribution in [3.05, 3.63) is 40.9 Å². The number of nitrogens with zero attached hydrogens (tertiary/aromatic N) is 2. The molecule has 1 fully saturated rings. The summed E-state index contributed by atoms with van der Waals surface area (Å²) in [6.45, 7) is 0. The Labute approximate surface area is 152 Å². The van der Waals surface area contributed by atoms with Gasteiger partial charge in [-0.25, -0.2) is 18.7 Å². The topological polar surface area (TPSA) is 95.9 Å². The van der Waals surface area contributed by atoms with Gasteiger partial charge in [-0.05, 0) is 24.3 Å². The summed E-state index contributed by atoms with van der Waals surface area (Å²) in [7, 11) is 0. The minimum absolute atomic E-state index is 0.273. The van der Waals surface area contributed by atoms with Gasteiger partial charge in [0.15, 0.2) is 0 Å². The monoisotopic (exact) mass is 374 g/mol. The molecule has 3 aromatic heterocycles. The Kier molecular flexibility index (Phi) is 3.96. The molecule has 26 heavy (non-hydrogen) atoms. The smallest absolute Gasteiger partial charge is 0.248 e. The van der Waals surface area contributed by atoms with Crippen LogP contribution in [0.2, 0.25) is 0 Å². The number of pyridine rings is 2. The zero-order valence-electron chi connectivity index (χ0n) is 13.6. The van der Waals surface area contributed by atoms with Crippen LogP contribution < -0.4 is 5.73 Å². The third-order valence-electron chi connectivity index (χ3n) is 4.66. The summed E-state index contributed by atoms with van der Waals surface area (Å²) in [6.07, 6.45) is 1.30. The maximum Gasteiger partial charge on any atom is 0.248 e. The Balaban J connectivity index is 1.65. The third kappa shape index (κ3) is 2.95. The van der Waals surface area contributed by atoms with Crippen LogP contribution in [0.5, 0.6) is 0 Å². The molecule has 0 aliphatic heterocycles. The Morgan fingerprint density at radius 3 is 2.81 bits per heavy atom. The first-order valence-corrected chi connectivity index (χ1v) is 8.91. The van der Waals surface area contributed by atoms with Gasteiger partial charge >= 0.3 is 0 Å². The highest BCUT2D eigenvalue weighted by Gasteiger charge is 2.48. The van der Waals surface area contributed by atoms with Crippen LogP contribution >= 0.6 is 11.3 Å². The van der Waals surface area contributed by atoms with Crippen LogP contribution in [0.25, 0.3) is 21.5 Å². The molecule has 1 saturated carbocycles. The summed E-state index contributed by atoms with van der Waals surface area (Å²) in [5.74, 6) is -2.78. The predicted octanol–water partition coefficient (Wildman–Crippen LogP) is 4.02. The first-order chi connectivity index (χ1) is 12.4. The van der Waals surface area contributed by atoms with E-state index < -0.39 is 17.9 Å². The minimum atomic E-state index is -2.65. The number of aromatic nitrogens is 2. The van der Waals surface area contributed by atoms with E-state index in [-0.39, 0.29) is 18.7 Å². The van der Waals surface area contributed by atoms with Crippen LogP contribution in [0.15, 0.2) is 30.5 Å². The molecule has 0 aromatic carbocycles. The number of anilines is 1. The van der Waals surface area contributed by atoms with Gasteiger partial charge in [-0.15, -0.1) is 11.3 Å². The quantitative estimate of drug-likeness (QED) is 0.601. The second-order valence-electron chi connectivity index (χ2n) is 6.55. The molecule has 0 bridgehead atoms. The lowest BCUT2D eigenvalue weighted by Crippen LogP contribution is -2.38. The zero-order valence-corrected chi connectivity index (χ0v) is 14.4. The lowest BCUT2D eigenvalue weighted by atomic mass is 9.77. The number of aliphatic hydroxyl groups is 1. The van der Waals surface area contributed by atoms with Gasteiger partial charge in [0.2, 0.25) is 5.92 Å². The predicted molar refractivity (Wildman–Crippen MR) is 97.8 cm³/mol. The Hall–Kier alpha value is -2.45. The Morgan fingerprint density at radius 1 is 1.35 bits per heavy atom. The second kappa shape index (κ2) is 6.07. The normalized spacial score (nSPS) is 17.8. The van der Waals surface area contributed by atoms with Crippen molar-refractivity contribution in [1.29, 1.82) is 5.41 Å². The van der Waals surface area contributed by atoms with E-state index in [9.17, 15) is 13.9 Å². The molecule has 0 saturated heterocycles. The molecule has 0 amide bonds. The number of nitrogens with one attached hydrogen (secondary N) is 1. The second-order valence-corrected chi connectivity index (χ2v) is 7.61. The highest BCUT2D eigenvalue weighted by atomic mass is 32.1. The summed E-state index contributed by atoms with van der Waals surface area (Å²) in [5, 5.41) is 18.6. The van der Waals surface area contributed by atoms with Crippen molar-refractivity contribution in [3.8, 4) is 11.3 Å². The van der Waals surface area contributed by atoms with Crippen molar-refractivity contribution in [2.24, 2.45) is 5.92 Å². The minimum Gasteiger partial charge on any atom is -0.387 e. The van der Waals surface area contributed by atoms with Crippen LogP contribution in [0, 0.1) is 11.3 Å². The van der Waals surface area contributed by atoms with E-state index in [1.54, 1.807) is 12.3 Å². The molecule has 3 heterocycles. The SMILES string of the molecule is N=Cc1cc(-c2ccc3cc(C(O)C4CC(F)(F)C4)sc3n2)cnc1N. The maximum absolute atomic E-state index is 13.0. The molecule has 5 nitrogen and oxygen atoms in total. The average molecular weight is 374 g/mol. The van der Waals surface area contributed by atoms with E-state index in [2.05, 4.69) is 9.97 Å². The number of rotatable bonds is 4. The number of fused-ring (bicyclic) bond motifs is 1. The van der Waals surface area contributed by atoms with Gasteiger partial charge < -0.3 is 16.2 Å². The molecule has 1 aliphatic rings. The van der Waals surface area contributed by atoms with Gasteiger partial charge in [0.05, 0.1) is 11.8 Å². The lowest BCUT2D eigenvalue weighted by molar-refractivity contribution is -0.141. The maximum atomic E-state index is 13.0. The summed E-state index contributed by atoms with van der Waals surface area (Å²) in [5.41, 5.74) is 7.62. The Morgan fingerprint density at radius 2 is 2.12 bits per heavy atom. The molecule has 8 heteroatoms. The number of hydrogen-bond donors (Lipinski definition) is 3. The fourth-order valence-corrected chi connectivity index (χ4v) is 4.27. The van der Waals surface area contributed by atoms with Gasteiger partial charge in [0.25, 0.3) is 0 Å². The molecular formula is C18H16F2N4OS. The fraction of sp³-hybridized carbons (Fsp3) is 0.278. The molecule has 4 rings (SSSR count). The number of hydrogen-bond acceptors (Lipinski definition) is 6. The summed E-state index contributed by atoms with van der Waals surface area (Å²) < 4.78 is 26.1. The van der Waals surface area contributed by atoms with E-state index in [1.807, 2.05) is 18.2 Å². The largest absolute Gasteiger partial charge is 0.387 e. The van der Waals surface area contributed by atoms with Gasteiger partial charge in [0.1, 0.15) is 10.6 Å². The number of nitrogen functional groups attached to an aromatic ring is 1. The molecule has 4 N–H and O–H groups in total. The molecule has 1 unspecified atom stereocenters. The number of halogens is 2. The summed E-state index contributed by atoms with van der Waals surface area (Å²) >= 11 is 1.31. The third-order valence-corrected chi connectivity index (χ3v) is 5.78. The summed E-state index contributed by atoms with van der Waals surface area (Å²) in [4.78, 5) is 10.0. The summed E-state index contributed by atoms with van der Waals surface area (Å²) in [6, 6.07) is 7.25. The molecule has 0 spiro atoms. The lowest BCUT2D eigenvalue weighted by Gasteiger charge is -2.37. The van der Waals surface area contributed by atoms with Gasteiger partial charge in [-0.1, -0.05) is 0 Å². The molecule has 3 aromatic rings. The number of nitrogens with two attached hydrogens (primary N) is 1. The first-order valence-electron chi connectivity index (χ1n) is 8.09. The molecule has 0 radical (unpaired) electrons. The highest BCUT2D eigenvalue weighted by molar-refractivity contribution is 7.18. The fourth-order valence-electron chi connectivity index (χ4n) is 3.15. The van der Waals surface area contributed by atoms with Gasteiger partial charge in [-0.2, -0.15) is 0 Å². The van der Waals surface area contributed by atoms with Gasteiger partial charge in [0, 0.05) is 52.6 Å². The van der Waals surface area contributed by atoms with Crippen molar-refractivity contribution in [1.82, 2.24) is 9.97 Å². The molecule has 1 aliphatic carbocycles. The van der Waals surface area contributed by atoms with E-state index in [1.165, 1.54) is 11.3 Å². The van der Waals surface area contributed by atoms with Crippen LogP contribution in [0.3, 0.4) is 0 Å². The van der Waals surface area contributed by atoms with Crippen LogP contribution in [0.4, 0.5) is 14.6 Å². The average Bonchev–Trinajstić information content (AvgIpc) is 3.02. The highest BCUT2D eigenvalue weighted by Crippen LogP contribution is 2.49. The van der Waals surface area contributed by atoms with Crippen molar-refractivity contribution in [2.45, 2.75) is 24.9 Å². The van der Waals surface area contributed by atoms with Crippen molar-refractivity contribution in [3.63, 3.8) is 0 Å². The standard InChI is InChI=1S/C18H16F2N4OS/c19-18(20)5-12(6-18)15(25)14-4-9-1-2-13(24-17(9)26-14)11-3-10(7-21)16(22)23-8-11/h1-4,7-8,12,15,21,25H,5-6H2,(H2,22,23). The number of aliphatic hydroxyl groups excluding tert-OH is 1. The van der Waals surface area contributed by atoms with Crippen LogP contribution in [-0.2, 0) is 0 Å². The Bertz CT molecular complexity index is 996. The van der Waals surface area contributed by atoms with Gasteiger partial charge in [-0.3, -0.25) is 0 Å². The van der Waals surface area contributed by atoms with E-state index in [0.717, 1.165) is 22.0 Å². The van der Waals surface area contributed by atoms with E-state index >= 15 is 0 Å². The zero-order chi connectivity index (χ0) is 18.5. The van der Waals surface area contributed by atoms with Crippen LogP contribution in [0.1, 0.15) is 29.4 Å². The molecule has 134 valence electrons.